The fourth-order valence-corrected chi connectivity index (χ4v) is 1.61. The van der Waals surface area contributed by atoms with E-state index in [0.29, 0.717) is 18.4 Å². The number of hydrogen-bond acceptors (Lipinski definition) is 4. The monoisotopic (exact) mass is 241 g/mol. The van der Waals surface area contributed by atoms with Gasteiger partial charge >= 0.3 is 6.09 Å². The summed E-state index contributed by atoms with van der Waals surface area (Å²) in [6, 6.07) is -0.463. The van der Waals surface area contributed by atoms with Gasteiger partial charge in [-0.2, -0.15) is 0 Å². The molecule has 96 valence electrons. The van der Waals surface area contributed by atoms with Crippen LogP contribution in [0, 0.1) is 0 Å². The largest absolute Gasteiger partial charge is 0.444 e. The maximum Gasteiger partial charge on any atom is 0.407 e. The minimum atomic E-state index is -0.675. The SMILES string of the molecule is CC(C)(C)OC(=O)N[C@H]1CC(C=O)=CC[C@H]1O. The highest BCUT2D eigenvalue weighted by atomic mass is 16.6. The fourth-order valence-electron chi connectivity index (χ4n) is 1.61. The molecule has 2 atom stereocenters. The van der Waals surface area contributed by atoms with E-state index in [9.17, 15) is 14.7 Å². The Kier molecular flexibility index (Phi) is 4.28. The molecule has 0 radical (unpaired) electrons. The topological polar surface area (TPSA) is 75.6 Å². The summed E-state index contributed by atoms with van der Waals surface area (Å²) in [6.45, 7) is 5.29. The Labute approximate surface area is 101 Å². The molecule has 0 aromatic heterocycles. The molecule has 0 aliphatic heterocycles. The molecular weight excluding hydrogens is 222 g/mol. The minimum Gasteiger partial charge on any atom is -0.444 e. The van der Waals surface area contributed by atoms with Crippen LogP contribution in [0.5, 0.6) is 0 Å². The van der Waals surface area contributed by atoms with Gasteiger partial charge in [0.25, 0.3) is 0 Å². The first-order valence-electron chi connectivity index (χ1n) is 5.63. The summed E-state index contributed by atoms with van der Waals surface area (Å²) < 4.78 is 5.09. The quantitative estimate of drug-likeness (QED) is 0.711. The van der Waals surface area contributed by atoms with Crippen LogP contribution in [-0.2, 0) is 9.53 Å². The molecule has 0 bridgehead atoms. The molecule has 0 fully saturated rings. The number of carbonyl (C=O) groups excluding carboxylic acids is 2. The number of carbonyl (C=O) groups is 2. The van der Waals surface area contributed by atoms with Gasteiger partial charge in [0.15, 0.2) is 0 Å². The van der Waals surface area contributed by atoms with Gasteiger partial charge in [-0.25, -0.2) is 4.79 Å². The van der Waals surface area contributed by atoms with Gasteiger partial charge in [-0.1, -0.05) is 6.08 Å². The Balaban J connectivity index is 2.54. The second-order valence-electron chi connectivity index (χ2n) is 5.16. The molecule has 2 N–H and O–H groups in total. The summed E-state index contributed by atoms with van der Waals surface area (Å²) in [5.41, 5.74) is 0.0175. The normalized spacial score (nSPS) is 24.8. The lowest BCUT2D eigenvalue weighted by Crippen LogP contribution is -2.46. The van der Waals surface area contributed by atoms with Gasteiger partial charge < -0.3 is 15.2 Å². The summed E-state index contributed by atoms with van der Waals surface area (Å²) in [4.78, 5) is 22.1. The summed E-state index contributed by atoms with van der Waals surface area (Å²) >= 11 is 0. The highest BCUT2D eigenvalue weighted by Crippen LogP contribution is 2.18. The molecule has 5 nitrogen and oxygen atoms in total. The molecule has 0 aromatic carbocycles. The maximum absolute atomic E-state index is 11.5. The van der Waals surface area contributed by atoms with E-state index in [-0.39, 0.29) is 0 Å². The van der Waals surface area contributed by atoms with Gasteiger partial charge in [0.1, 0.15) is 11.9 Å². The third kappa shape index (κ3) is 4.56. The smallest absolute Gasteiger partial charge is 0.407 e. The van der Waals surface area contributed by atoms with Crippen molar-refractivity contribution in [3.8, 4) is 0 Å². The first-order valence-corrected chi connectivity index (χ1v) is 5.63. The highest BCUT2D eigenvalue weighted by Gasteiger charge is 2.27. The van der Waals surface area contributed by atoms with Crippen molar-refractivity contribution in [3.05, 3.63) is 11.6 Å². The van der Waals surface area contributed by atoms with E-state index in [1.165, 1.54) is 0 Å². The summed E-state index contributed by atoms with van der Waals surface area (Å²) in [6.07, 6.45) is 1.89. The average molecular weight is 241 g/mol. The van der Waals surface area contributed by atoms with Crippen LogP contribution in [0.4, 0.5) is 4.79 Å². The first kappa shape index (κ1) is 13.7. The molecule has 1 rings (SSSR count). The van der Waals surface area contributed by atoms with Crippen molar-refractivity contribution in [2.75, 3.05) is 0 Å². The van der Waals surface area contributed by atoms with Crippen LogP contribution in [0.25, 0.3) is 0 Å². The zero-order valence-corrected chi connectivity index (χ0v) is 10.4. The van der Waals surface area contributed by atoms with Crippen LogP contribution in [0.2, 0.25) is 0 Å². The van der Waals surface area contributed by atoms with Crippen molar-refractivity contribution in [3.63, 3.8) is 0 Å². The van der Waals surface area contributed by atoms with Crippen LogP contribution < -0.4 is 5.32 Å². The van der Waals surface area contributed by atoms with Gasteiger partial charge in [0.2, 0.25) is 0 Å². The highest BCUT2D eigenvalue weighted by molar-refractivity contribution is 5.74. The maximum atomic E-state index is 11.5. The van der Waals surface area contributed by atoms with E-state index in [1.54, 1.807) is 26.8 Å². The second-order valence-corrected chi connectivity index (χ2v) is 5.16. The molecule has 0 saturated heterocycles. The number of aldehydes is 1. The third-order valence-corrected chi connectivity index (χ3v) is 2.40. The summed E-state index contributed by atoms with van der Waals surface area (Å²) in [5.74, 6) is 0. The van der Waals surface area contributed by atoms with E-state index in [2.05, 4.69) is 5.32 Å². The zero-order valence-electron chi connectivity index (χ0n) is 10.4. The molecule has 17 heavy (non-hydrogen) atoms. The van der Waals surface area contributed by atoms with Crippen molar-refractivity contribution < 1.29 is 19.4 Å². The van der Waals surface area contributed by atoms with E-state index >= 15 is 0 Å². The van der Waals surface area contributed by atoms with Gasteiger partial charge in [-0.3, -0.25) is 4.79 Å². The molecule has 0 spiro atoms. The summed E-state index contributed by atoms with van der Waals surface area (Å²) in [5, 5.41) is 12.3. The molecule has 1 amide bonds. The molecule has 1 aliphatic carbocycles. The predicted octanol–water partition coefficient (Wildman–Crippen LogP) is 1.16. The molecular formula is C12H19NO4. The second kappa shape index (κ2) is 5.31. The van der Waals surface area contributed by atoms with Crippen molar-refractivity contribution >= 4 is 12.4 Å². The number of rotatable bonds is 2. The van der Waals surface area contributed by atoms with Crippen LogP contribution in [-0.4, -0.2) is 35.2 Å². The predicted molar refractivity (Wildman–Crippen MR) is 62.5 cm³/mol. The lowest BCUT2D eigenvalue weighted by molar-refractivity contribution is -0.105. The van der Waals surface area contributed by atoms with Crippen LogP contribution in [0.3, 0.4) is 0 Å². The lowest BCUT2D eigenvalue weighted by Gasteiger charge is -2.28. The number of hydrogen-bond donors (Lipinski definition) is 2. The third-order valence-electron chi connectivity index (χ3n) is 2.40. The van der Waals surface area contributed by atoms with Crippen LogP contribution in [0.1, 0.15) is 33.6 Å². The zero-order chi connectivity index (χ0) is 13.1. The molecule has 0 aromatic rings. The number of ether oxygens (including phenoxy) is 1. The van der Waals surface area contributed by atoms with E-state index in [4.69, 9.17) is 4.74 Å². The number of nitrogens with one attached hydrogen (secondary N) is 1. The Hall–Kier alpha value is -1.36. The number of alkyl carbamates (subject to hydrolysis) is 1. The van der Waals surface area contributed by atoms with E-state index in [1.807, 2.05) is 0 Å². The lowest BCUT2D eigenvalue weighted by atomic mass is 9.93. The molecule has 0 unspecified atom stereocenters. The first-order chi connectivity index (χ1) is 7.81. The van der Waals surface area contributed by atoms with E-state index in [0.717, 1.165) is 6.29 Å². The van der Waals surface area contributed by atoms with E-state index < -0.39 is 23.8 Å². The Morgan fingerprint density at radius 3 is 2.76 bits per heavy atom. The standard InChI is InChI=1S/C12H19NO4/c1-12(2,3)17-11(16)13-9-6-8(7-14)4-5-10(9)15/h4,7,9-10,15H,5-6H2,1-3H3,(H,13,16)/t9-,10+/m0/s1. The Bertz CT molecular complexity index is 330. The number of aliphatic hydroxyl groups excluding tert-OH is 1. The van der Waals surface area contributed by atoms with Crippen LogP contribution >= 0.6 is 0 Å². The molecule has 0 saturated carbocycles. The average Bonchev–Trinajstić information content (AvgIpc) is 2.18. The Morgan fingerprint density at radius 2 is 2.24 bits per heavy atom. The van der Waals surface area contributed by atoms with Crippen molar-refractivity contribution in [1.82, 2.24) is 5.32 Å². The molecule has 0 heterocycles. The minimum absolute atomic E-state index is 0.337. The number of aliphatic hydroxyl groups is 1. The number of amides is 1. The fraction of sp³-hybridized carbons (Fsp3) is 0.667. The van der Waals surface area contributed by atoms with Gasteiger partial charge in [0, 0.05) is 0 Å². The van der Waals surface area contributed by atoms with Crippen molar-refractivity contribution in [2.45, 2.75) is 51.4 Å². The molecule has 5 heteroatoms. The molecule has 1 aliphatic rings. The van der Waals surface area contributed by atoms with Crippen molar-refractivity contribution in [1.29, 1.82) is 0 Å². The van der Waals surface area contributed by atoms with Gasteiger partial charge in [-0.05, 0) is 39.2 Å². The van der Waals surface area contributed by atoms with Gasteiger partial charge in [-0.15, -0.1) is 0 Å². The van der Waals surface area contributed by atoms with Crippen LogP contribution in [0.15, 0.2) is 11.6 Å². The van der Waals surface area contributed by atoms with Gasteiger partial charge in [0.05, 0.1) is 12.1 Å². The van der Waals surface area contributed by atoms with Crippen molar-refractivity contribution in [2.24, 2.45) is 0 Å². The summed E-state index contributed by atoms with van der Waals surface area (Å²) in [7, 11) is 0. The Morgan fingerprint density at radius 1 is 1.59 bits per heavy atom.